The fourth-order valence-electron chi connectivity index (χ4n) is 3.45. The van der Waals surface area contributed by atoms with Crippen molar-refractivity contribution in [2.24, 2.45) is 0 Å². The summed E-state index contributed by atoms with van der Waals surface area (Å²) in [6.07, 6.45) is 0.945. The lowest BCUT2D eigenvalue weighted by atomic mass is 9.82. The number of aromatic hydroxyl groups is 1. The molecule has 2 N–H and O–H groups in total. The number of halogens is 2. The SMILES string of the molecule is C[C@]1(CO)OC(=O)N2C[C@@H](c3c(O)ccc(Cl)c3Cl)CC[C@H]21. The van der Waals surface area contributed by atoms with Gasteiger partial charge in [0.1, 0.15) is 5.75 Å². The van der Waals surface area contributed by atoms with Gasteiger partial charge >= 0.3 is 6.09 Å². The highest BCUT2D eigenvalue weighted by atomic mass is 35.5. The van der Waals surface area contributed by atoms with Crippen molar-refractivity contribution in [2.75, 3.05) is 13.2 Å². The summed E-state index contributed by atoms with van der Waals surface area (Å²) in [5.74, 6) is -0.0358. The number of ether oxygens (including phenoxy) is 1. The number of amides is 1. The zero-order chi connectivity index (χ0) is 16.1. The highest BCUT2D eigenvalue weighted by Crippen LogP contribution is 2.45. The van der Waals surface area contributed by atoms with Crippen LogP contribution in [0.15, 0.2) is 12.1 Å². The van der Waals surface area contributed by atoms with Crippen LogP contribution >= 0.6 is 23.2 Å². The molecule has 120 valence electrons. The van der Waals surface area contributed by atoms with E-state index in [1.165, 1.54) is 6.07 Å². The largest absolute Gasteiger partial charge is 0.508 e. The van der Waals surface area contributed by atoms with Crippen molar-refractivity contribution in [3.8, 4) is 5.75 Å². The summed E-state index contributed by atoms with van der Waals surface area (Å²) in [5.41, 5.74) is -0.305. The third-order valence-corrected chi connectivity index (χ3v) is 5.49. The summed E-state index contributed by atoms with van der Waals surface area (Å²) in [7, 11) is 0. The molecule has 3 atom stereocenters. The lowest BCUT2D eigenvalue weighted by Gasteiger charge is -2.37. The predicted octanol–water partition coefficient (Wildman–Crippen LogP) is 3.15. The molecule has 1 aromatic carbocycles. The van der Waals surface area contributed by atoms with Crippen LogP contribution < -0.4 is 0 Å². The quantitative estimate of drug-likeness (QED) is 0.863. The van der Waals surface area contributed by atoms with Gasteiger partial charge in [-0.3, -0.25) is 0 Å². The van der Waals surface area contributed by atoms with Gasteiger partial charge in [0.05, 0.1) is 22.7 Å². The van der Waals surface area contributed by atoms with Crippen LogP contribution in [0.5, 0.6) is 5.75 Å². The zero-order valence-electron chi connectivity index (χ0n) is 12.1. The van der Waals surface area contributed by atoms with Crippen molar-refractivity contribution < 1.29 is 19.7 Å². The third-order valence-electron chi connectivity index (χ3n) is 4.67. The summed E-state index contributed by atoms with van der Waals surface area (Å²) in [6, 6.07) is 2.89. The van der Waals surface area contributed by atoms with Crippen molar-refractivity contribution in [2.45, 2.75) is 37.3 Å². The number of piperidine rings is 1. The van der Waals surface area contributed by atoms with Crippen molar-refractivity contribution in [1.82, 2.24) is 4.90 Å². The van der Waals surface area contributed by atoms with Gasteiger partial charge in [-0.15, -0.1) is 0 Å². The van der Waals surface area contributed by atoms with Crippen molar-refractivity contribution in [3.05, 3.63) is 27.7 Å². The van der Waals surface area contributed by atoms with Gasteiger partial charge in [-0.2, -0.15) is 0 Å². The molecular weight excluding hydrogens is 329 g/mol. The van der Waals surface area contributed by atoms with Crippen LogP contribution in [0.2, 0.25) is 10.0 Å². The number of aliphatic hydroxyl groups is 1. The van der Waals surface area contributed by atoms with E-state index in [-0.39, 0.29) is 24.3 Å². The number of cyclic esters (lactones) is 1. The number of nitrogens with zero attached hydrogens (tertiary/aromatic N) is 1. The van der Waals surface area contributed by atoms with Crippen molar-refractivity contribution >= 4 is 29.3 Å². The van der Waals surface area contributed by atoms with E-state index in [1.807, 2.05) is 0 Å². The molecular formula is C15H17Cl2NO4. The second-order valence-electron chi connectivity index (χ2n) is 6.08. The van der Waals surface area contributed by atoms with Crippen LogP contribution in [-0.4, -0.2) is 46.0 Å². The highest BCUT2D eigenvalue weighted by Gasteiger charge is 2.52. The smallest absolute Gasteiger partial charge is 0.410 e. The number of benzene rings is 1. The molecule has 0 spiro atoms. The van der Waals surface area contributed by atoms with E-state index in [0.717, 1.165) is 6.42 Å². The van der Waals surface area contributed by atoms with E-state index >= 15 is 0 Å². The fraction of sp³-hybridized carbons (Fsp3) is 0.533. The van der Waals surface area contributed by atoms with Gasteiger partial charge in [0.25, 0.3) is 0 Å². The van der Waals surface area contributed by atoms with Crippen molar-refractivity contribution in [3.63, 3.8) is 0 Å². The summed E-state index contributed by atoms with van der Waals surface area (Å²) < 4.78 is 5.33. The Balaban J connectivity index is 1.90. The Hall–Kier alpha value is -1.17. The minimum absolute atomic E-state index is 0.0790. The van der Waals surface area contributed by atoms with Gasteiger partial charge in [0, 0.05) is 18.0 Å². The lowest BCUT2D eigenvalue weighted by molar-refractivity contribution is -0.00580. The average molecular weight is 346 g/mol. The second-order valence-corrected chi connectivity index (χ2v) is 6.86. The van der Waals surface area contributed by atoms with E-state index in [9.17, 15) is 15.0 Å². The number of aliphatic hydroxyl groups excluding tert-OH is 1. The topological polar surface area (TPSA) is 70.0 Å². The number of hydrogen-bond acceptors (Lipinski definition) is 4. The van der Waals surface area contributed by atoms with E-state index in [2.05, 4.69) is 0 Å². The van der Waals surface area contributed by atoms with Crippen LogP contribution in [0.1, 0.15) is 31.2 Å². The summed E-state index contributed by atoms with van der Waals surface area (Å²) in [4.78, 5) is 13.7. The summed E-state index contributed by atoms with van der Waals surface area (Å²) in [5, 5.41) is 20.3. The molecule has 22 heavy (non-hydrogen) atoms. The molecule has 1 amide bonds. The molecule has 5 nitrogen and oxygen atoms in total. The first kappa shape index (κ1) is 15.7. The van der Waals surface area contributed by atoms with Crippen LogP contribution in [0.3, 0.4) is 0 Å². The number of phenols is 1. The third kappa shape index (κ3) is 2.32. The molecule has 0 aromatic heterocycles. The highest BCUT2D eigenvalue weighted by molar-refractivity contribution is 6.42. The van der Waals surface area contributed by atoms with E-state index < -0.39 is 11.7 Å². The minimum atomic E-state index is -0.873. The summed E-state index contributed by atoms with van der Waals surface area (Å²) in [6.45, 7) is 1.90. The molecule has 2 saturated heterocycles. The first-order valence-corrected chi connectivity index (χ1v) is 7.90. The van der Waals surface area contributed by atoms with E-state index in [1.54, 1.807) is 17.9 Å². The fourth-order valence-corrected chi connectivity index (χ4v) is 3.93. The number of phenolic OH excluding ortho intramolecular Hbond substituents is 1. The zero-order valence-corrected chi connectivity index (χ0v) is 13.6. The number of rotatable bonds is 2. The molecule has 0 bridgehead atoms. The number of fused-ring (bicyclic) bond motifs is 1. The van der Waals surface area contributed by atoms with Crippen molar-refractivity contribution in [1.29, 1.82) is 0 Å². The monoisotopic (exact) mass is 345 g/mol. The molecule has 1 aromatic rings. The minimum Gasteiger partial charge on any atom is -0.508 e. The molecule has 0 unspecified atom stereocenters. The number of hydrogen-bond donors (Lipinski definition) is 2. The standard InChI is InChI=1S/C15H17Cl2NO4/c1-15(7-19)11-5-2-8(6-18(11)14(21)22-15)12-10(20)4-3-9(16)13(12)17/h3-4,8,11,19-20H,2,5-7H2,1H3/t8-,11-,15+/m0/s1. The van der Waals surface area contributed by atoms with Gasteiger partial charge < -0.3 is 19.8 Å². The Morgan fingerprint density at radius 2 is 2.14 bits per heavy atom. The molecule has 2 heterocycles. The molecule has 2 fully saturated rings. The molecule has 0 aliphatic carbocycles. The van der Waals surface area contributed by atoms with E-state index in [4.69, 9.17) is 27.9 Å². The second kappa shape index (κ2) is 5.48. The molecule has 2 aliphatic heterocycles. The van der Waals surface area contributed by atoms with Gasteiger partial charge in [-0.25, -0.2) is 4.79 Å². The molecule has 0 radical (unpaired) electrons. The van der Waals surface area contributed by atoms with Gasteiger partial charge in [0.2, 0.25) is 0 Å². The number of carbonyl (C=O) groups is 1. The maximum Gasteiger partial charge on any atom is 0.410 e. The molecule has 7 heteroatoms. The first-order chi connectivity index (χ1) is 10.4. The van der Waals surface area contributed by atoms with Crippen LogP contribution in [0.25, 0.3) is 0 Å². The maximum absolute atomic E-state index is 12.1. The normalized spacial score (nSPS) is 31.1. The van der Waals surface area contributed by atoms with Crippen LogP contribution in [-0.2, 0) is 4.74 Å². The average Bonchev–Trinajstić information content (AvgIpc) is 2.75. The summed E-state index contributed by atoms with van der Waals surface area (Å²) >= 11 is 12.3. The number of carbonyl (C=O) groups excluding carboxylic acids is 1. The lowest BCUT2D eigenvalue weighted by Crippen LogP contribution is -2.49. The maximum atomic E-state index is 12.1. The van der Waals surface area contributed by atoms with Crippen LogP contribution in [0.4, 0.5) is 4.79 Å². The predicted molar refractivity (Wildman–Crippen MR) is 82.6 cm³/mol. The van der Waals surface area contributed by atoms with Gasteiger partial charge in [-0.1, -0.05) is 23.2 Å². The molecule has 0 saturated carbocycles. The Bertz CT molecular complexity index is 624. The van der Waals surface area contributed by atoms with E-state index in [0.29, 0.717) is 28.6 Å². The first-order valence-electron chi connectivity index (χ1n) is 7.14. The van der Waals surface area contributed by atoms with Gasteiger partial charge in [0.15, 0.2) is 5.60 Å². The Labute approximate surface area is 138 Å². The molecule has 3 rings (SSSR count). The Morgan fingerprint density at radius 3 is 2.82 bits per heavy atom. The van der Waals surface area contributed by atoms with Gasteiger partial charge in [-0.05, 0) is 31.9 Å². The Morgan fingerprint density at radius 1 is 1.41 bits per heavy atom. The Kier molecular flexibility index (Phi) is 3.91. The molecule has 2 aliphatic rings. The van der Waals surface area contributed by atoms with Crippen LogP contribution in [0, 0.1) is 0 Å².